The van der Waals surface area contributed by atoms with E-state index in [1.54, 1.807) is 0 Å². The number of aromatic nitrogens is 2. The van der Waals surface area contributed by atoms with Crippen molar-refractivity contribution in [1.29, 1.82) is 0 Å². The van der Waals surface area contributed by atoms with Gasteiger partial charge in [0.25, 0.3) is 0 Å². The highest BCUT2D eigenvalue weighted by molar-refractivity contribution is 6.18. The van der Waals surface area contributed by atoms with Gasteiger partial charge in [0, 0.05) is 33.4 Å². The SMILES string of the molecule is Cc1c(-c2ccc3c(c2)c2c(n3-c3ccccc3)CCC=C2c2ccccc2)c(C)c2c3c(O)c(O)c(C)c(C)c3n(-c3ccccc3)c2c1C. The minimum absolute atomic E-state index is 0.0539. The Hall–Kier alpha value is -6.00. The number of allylic oxidation sites excluding steroid dienone is 1. The number of fused-ring (bicyclic) bond motifs is 6. The molecule has 1 aliphatic carbocycles. The third-order valence-corrected chi connectivity index (χ3v) is 11.4. The highest BCUT2D eigenvalue weighted by Gasteiger charge is 2.29. The zero-order valence-electron chi connectivity index (χ0n) is 29.7. The standard InChI is InChI=1S/C47H40N2O2/c1-27-28(2)44-41(43-45(29(3)30(4)46(50)47(43)51)49(44)35-20-13-8-14-21-35)31(5)40(27)33-24-25-38-37(26-33)42-36(32-16-9-6-10-17-32)22-15-23-39(42)48(38)34-18-11-7-12-19-34/h6-14,16-22,24-26,50-51H,15,23H2,1-5H3. The second-order valence-electron chi connectivity index (χ2n) is 14.1. The molecular formula is C47H40N2O2. The van der Waals surface area contributed by atoms with Gasteiger partial charge in [-0.25, -0.2) is 0 Å². The van der Waals surface area contributed by atoms with Crippen molar-refractivity contribution in [2.45, 2.75) is 47.5 Å². The molecule has 2 heterocycles. The lowest BCUT2D eigenvalue weighted by Gasteiger charge is -2.18. The summed E-state index contributed by atoms with van der Waals surface area (Å²) in [5.41, 5.74) is 17.9. The maximum atomic E-state index is 11.7. The summed E-state index contributed by atoms with van der Waals surface area (Å²) in [6, 6.07) is 38.8. The molecule has 0 saturated heterocycles. The second kappa shape index (κ2) is 11.5. The summed E-state index contributed by atoms with van der Waals surface area (Å²) in [6.07, 6.45) is 4.36. The Labute approximate surface area is 298 Å². The fourth-order valence-electron chi connectivity index (χ4n) is 8.81. The van der Waals surface area contributed by atoms with Crippen LogP contribution in [0.4, 0.5) is 0 Å². The predicted molar refractivity (Wildman–Crippen MR) is 212 cm³/mol. The molecular weight excluding hydrogens is 625 g/mol. The molecule has 8 aromatic rings. The summed E-state index contributed by atoms with van der Waals surface area (Å²) in [4.78, 5) is 0. The normalized spacial score (nSPS) is 12.9. The van der Waals surface area contributed by atoms with E-state index in [0.717, 1.165) is 62.8 Å². The van der Waals surface area contributed by atoms with Crippen LogP contribution in [-0.2, 0) is 6.42 Å². The molecule has 2 N–H and O–H groups in total. The second-order valence-corrected chi connectivity index (χ2v) is 14.1. The van der Waals surface area contributed by atoms with Crippen LogP contribution in [-0.4, -0.2) is 19.3 Å². The van der Waals surface area contributed by atoms with Crippen LogP contribution < -0.4 is 0 Å². The van der Waals surface area contributed by atoms with E-state index in [2.05, 4.69) is 139 Å². The largest absolute Gasteiger partial charge is 0.504 e. The molecule has 0 saturated carbocycles. The van der Waals surface area contributed by atoms with Gasteiger partial charge >= 0.3 is 0 Å². The lowest BCUT2D eigenvalue weighted by atomic mass is 9.86. The van der Waals surface area contributed by atoms with Gasteiger partial charge in [-0.05, 0) is 134 Å². The highest BCUT2D eigenvalue weighted by atomic mass is 16.3. The van der Waals surface area contributed by atoms with Gasteiger partial charge in [0.2, 0.25) is 0 Å². The summed E-state index contributed by atoms with van der Waals surface area (Å²) < 4.78 is 4.74. The first-order valence-corrected chi connectivity index (χ1v) is 17.8. The molecule has 250 valence electrons. The highest BCUT2D eigenvalue weighted by Crippen LogP contribution is 2.50. The summed E-state index contributed by atoms with van der Waals surface area (Å²) in [6.45, 7) is 10.5. The van der Waals surface area contributed by atoms with Crippen molar-refractivity contribution in [3.63, 3.8) is 0 Å². The van der Waals surface area contributed by atoms with Gasteiger partial charge in [-0.2, -0.15) is 0 Å². The number of phenolic OH excluding ortho intramolecular Hbond substituents is 2. The van der Waals surface area contributed by atoms with Gasteiger partial charge < -0.3 is 19.3 Å². The Bertz CT molecular complexity index is 2730. The van der Waals surface area contributed by atoms with E-state index in [1.165, 1.54) is 44.5 Å². The van der Waals surface area contributed by atoms with Crippen molar-refractivity contribution < 1.29 is 10.2 Å². The number of aryl methyl sites for hydroxylation is 3. The number of phenols is 2. The number of para-hydroxylation sites is 2. The molecule has 4 heteroatoms. The van der Waals surface area contributed by atoms with E-state index in [1.807, 2.05) is 19.9 Å². The lowest BCUT2D eigenvalue weighted by molar-refractivity contribution is 0.405. The van der Waals surface area contributed by atoms with Gasteiger partial charge in [-0.3, -0.25) is 0 Å². The summed E-state index contributed by atoms with van der Waals surface area (Å²) >= 11 is 0. The summed E-state index contributed by atoms with van der Waals surface area (Å²) in [7, 11) is 0. The fourth-order valence-corrected chi connectivity index (χ4v) is 8.81. The number of hydrogen-bond acceptors (Lipinski definition) is 2. The van der Waals surface area contributed by atoms with E-state index >= 15 is 0 Å². The third kappa shape index (κ3) is 4.39. The van der Waals surface area contributed by atoms with Crippen molar-refractivity contribution >= 4 is 38.3 Å². The van der Waals surface area contributed by atoms with Crippen molar-refractivity contribution in [3.05, 3.63) is 160 Å². The Morgan fingerprint density at radius 1 is 0.510 bits per heavy atom. The van der Waals surface area contributed by atoms with Gasteiger partial charge in [-0.15, -0.1) is 0 Å². The van der Waals surface area contributed by atoms with Crippen molar-refractivity contribution in [1.82, 2.24) is 9.13 Å². The number of nitrogens with zero attached hydrogens (tertiary/aromatic N) is 2. The molecule has 0 spiro atoms. The van der Waals surface area contributed by atoms with Crippen LogP contribution in [0.1, 0.15) is 51.1 Å². The molecule has 0 radical (unpaired) electrons. The molecule has 0 aliphatic heterocycles. The molecule has 1 aliphatic rings. The van der Waals surface area contributed by atoms with Crippen LogP contribution in [0, 0.1) is 34.6 Å². The van der Waals surface area contributed by atoms with Crippen LogP contribution in [0.3, 0.4) is 0 Å². The van der Waals surface area contributed by atoms with Crippen LogP contribution in [0.15, 0.2) is 115 Å². The summed E-state index contributed by atoms with van der Waals surface area (Å²) in [5, 5.41) is 25.8. The monoisotopic (exact) mass is 664 g/mol. The van der Waals surface area contributed by atoms with Crippen molar-refractivity contribution in [2.24, 2.45) is 0 Å². The first kappa shape index (κ1) is 31.0. The number of aromatic hydroxyl groups is 2. The van der Waals surface area contributed by atoms with E-state index < -0.39 is 0 Å². The minimum atomic E-state index is -0.0628. The zero-order valence-corrected chi connectivity index (χ0v) is 29.7. The Kier molecular flexibility index (Phi) is 7.01. The molecule has 0 amide bonds. The zero-order chi connectivity index (χ0) is 35.1. The molecule has 0 bridgehead atoms. The van der Waals surface area contributed by atoms with Crippen LogP contribution in [0.25, 0.3) is 60.8 Å². The minimum Gasteiger partial charge on any atom is -0.504 e. The summed E-state index contributed by atoms with van der Waals surface area (Å²) in [5.74, 6) is -0.117. The smallest absolute Gasteiger partial charge is 0.167 e. The maximum Gasteiger partial charge on any atom is 0.167 e. The fraction of sp³-hybridized carbons (Fsp3) is 0.149. The van der Waals surface area contributed by atoms with Gasteiger partial charge in [-0.1, -0.05) is 78.9 Å². The molecule has 4 nitrogen and oxygen atoms in total. The molecule has 0 atom stereocenters. The maximum absolute atomic E-state index is 11.7. The quantitative estimate of drug-likeness (QED) is 0.184. The average molecular weight is 665 g/mol. The molecule has 51 heavy (non-hydrogen) atoms. The Morgan fingerprint density at radius 3 is 1.76 bits per heavy atom. The van der Waals surface area contributed by atoms with Gasteiger partial charge in [0.1, 0.15) is 0 Å². The van der Waals surface area contributed by atoms with Gasteiger partial charge in [0.15, 0.2) is 11.5 Å². The number of benzene rings is 6. The topological polar surface area (TPSA) is 50.3 Å². The molecule has 2 aromatic heterocycles. The molecule has 9 rings (SSSR count). The first-order valence-electron chi connectivity index (χ1n) is 17.8. The third-order valence-electron chi connectivity index (χ3n) is 11.4. The van der Waals surface area contributed by atoms with Gasteiger partial charge in [0.05, 0.1) is 21.9 Å². The van der Waals surface area contributed by atoms with Crippen LogP contribution >= 0.6 is 0 Å². The van der Waals surface area contributed by atoms with E-state index in [0.29, 0.717) is 10.9 Å². The van der Waals surface area contributed by atoms with Crippen molar-refractivity contribution in [3.8, 4) is 34.0 Å². The van der Waals surface area contributed by atoms with Crippen LogP contribution in [0.5, 0.6) is 11.5 Å². The number of rotatable bonds is 4. The number of hydrogen-bond donors (Lipinski definition) is 2. The molecule has 6 aromatic carbocycles. The molecule has 0 fully saturated rings. The average Bonchev–Trinajstić information content (AvgIpc) is 3.71. The van der Waals surface area contributed by atoms with E-state index in [4.69, 9.17) is 0 Å². The van der Waals surface area contributed by atoms with Crippen LogP contribution in [0.2, 0.25) is 0 Å². The predicted octanol–water partition coefficient (Wildman–Crippen LogP) is 11.7. The Morgan fingerprint density at radius 2 is 1.10 bits per heavy atom. The Balaban J connectivity index is 1.39. The van der Waals surface area contributed by atoms with Crippen molar-refractivity contribution in [2.75, 3.05) is 0 Å². The molecule has 0 unspecified atom stereocenters. The lowest BCUT2D eigenvalue weighted by Crippen LogP contribution is -2.05. The van der Waals surface area contributed by atoms with E-state index in [-0.39, 0.29) is 11.5 Å². The van der Waals surface area contributed by atoms with E-state index in [9.17, 15) is 10.2 Å². The first-order chi connectivity index (χ1) is 24.8.